The number of hydrogen-bond acceptors (Lipinski definition) is 7. The fraction of sp³-hybridized carbons (Fsp3) is 0.839. The van der Waals surface area contributed by atoms with Gasteiger partial charge in [-0.1, -0.05) is 224 Å². The van der Waals surface area contributed by atoms with Gasteiger partial charge >= 0.3 is 11.9 Å². The lowest BCUT2D eigenvalue weighted by Gasteiger charge is -2.34. The number of carboxylic acid groups (broad SMARTS) is 1. The summed E-state index contributed by atoms with van der Waals surface area (Å²) in [4.78, 5) is 37.0. The third-order valence-corrected chi connectivity index (χ3v) is 12.3. The molecule has 0 fully saturated rings. The topological polar surface area (TPSA) is 102 Å². The zero-order valence-electron chi connectivity index (χ0n) is 42.7. The lowest BCUT2D eigenvalue weighted by atomic mass is 10.0. The van der Waals surface area contributed by atoms with Crippen molar-refractivity contribution in [1.82, 2.24) is 0 Å². The van der Waals surface area contributed by atoms with Crippen molar-refractivity contribution in [2.24, 2.45) is 0 Å². The molecule has 64 heavy (non-hydrogen) atoms. The molecule has 2 atom stereocenters. The number of esters is 2. The summed E-state index contributed by atoms with van der Waals surface area (Å²) < 4.78 is 17.2. The number of allylic oxidation sites excluding steroid dienone is 6. The highest BCUT2D eigenvalue weighted by Crippen LogP contribution is 2.17. The van der Waals surface area contributed by atoms with Gasteiger partial charge in [0.25, 0.3) is 0 Å². The Kier molecular flexibility index (Phi) is 45.3. The van der Waals surface area contributed by atoms with E-state index in [0.29, 0.717) is 12.8 Å². The monoisotopic (exact) mass is 902 g/mol. The summed E-state index contributed by atoms with van der Waals surface area (Å²) in [6.07, 6.45) is 56.2. The number of quaternary nitrogens is 1. The third-order valence-electron chi connectivity index (χ3n) is 12.3. The highest BCUT2D eigenvalue weighted by molar-refractivity contribution is 5.70. The number of hydrogen-bond donors (Lipinski definition) is 0. The number of carbonyl (C=O) groups excluding carboxylic acids is 3. The number of ether oxygens (including phenoxy) is 3. The van der Waals surface area contributed by atoms with Gasteiger partial charge in [-0.05, 0) is 44.9 Å². The molecule has 0 aliphatic carbocycles. The van der Waals surface area contributed by atoms with Crippen molar-refractivity contribution in [2.75, 3.05) is 41.0 Å². The van der Waals surface area contributed by atoms with E-state index in [1.165, 1.54) is 173 Å². The molecule has 0 N–H and O–H groups in total. The van der Waals surface area contributed by atoms with Crippen LogP contribution < -0.4 is 5.11 Å². The van der Waals surface area contributed by atoms with Gasteiger partial charge in [0, 0.05) is 19.3 Å². The minimum atomic E-state index is -1.13. The largest absolute Gasteiger partial charge is 0.544 e. The molecular formula is C56H103NO7. The highest BCUT2D eigenvalue weighted by atomic mass is 16.6. The molecule has 8 nitrogen and oxygen atoms in total. The molecule has 0 bridgehead atoms. The lowest BCUT2D eigenvalue weighted by Crippen LogP contribution is -2.55. The molecule has 2 unspecified atom stereocenters. The van der Waals surface area contributed by atoms with E-state index in [1.54, 1.807) is 21.1 Å². The van der Waals surface area contributed by atoms with E-state index in [9.17, 15) is 19.5 Å². The van der Waals surface area contributed by atoms with Crippen LogP contribution in [0.15, 0.2) is 36.5 Å². The third kappa shape index (κ3) is 44.7. The van der Waals surface area contributed by atoms with Gasteiger partial charge in [0.15, 0.2) is 6.10 Å². The maximum atomic E-state index is 12.8. The van der Waals surface area contributed by atoms with Gasteiger partial charge < -0.3 is 28.6 Å². The van der Waals surface area contributed by atoms with Crippen LogP contribution in [-0.2, 0) is 28.6 Å². The van der Waals surface area contributed by atoms with Crippen molar-refractivity contribution in [3.05, 3.63) is 36.5 Å². The summed E-state index contributed by atoms with van der Waals surface area (Å²) in [7, 11) is 5.41. The Balaban J connectivity index is 4.22. The van der Waals surface area contributed by atoms with E-state index in [0.717, 1.165) is 38.5 Å². The summed E-state index contributed by atoms with van der Waals surface area (Å²) in [5.74, 6) is -1.79. The molecule has 0 saturated carbocycles. The fourth-order valence-corrected chi connectivity index (χ4v) is 8.09. The molecule has 0 aliphatic rings. The first-order chi connectivity index (χ1) is 31.1. The molecule has 0 saturated heterocycles. The number of likely N-dealkylation sites (N-methyl/N-ethyl adjacent to an activating group) is 1. The van der Waals surface area contributed by atoms with Gasteiger partial charge in [-0.15, -0.1) is 0 Å². The first kappa shape index (κ1) is 61.5. The van der Waals surface area contributed by atoms with Crippen LogP contribution in [-0.4, -0.2) is 75.5 Å². The summed E-state index contributed by atoms with van der Waals surface area (Å²) in [5.41, 5.74) is 0. The van der Waals surface area contributed by atoms with Crippen LogP contribution in [0.2, 0.25) is 0 Å². The zero-order chi connectivity index (χ0) is 47.0. The number of carbonyl (C=O) groups is 3. The molecule has 0 radical (unpaired) electrons. The van der Waals surface area contributed by atoms with Gasteiger partial charge in [0.05, 0.1) is 40.3 Å². The predicted octanol–water partition coefficient (Wildman–Crippen LogP) is 14.4. The van der Waals surface area contributed by atoms with Gasteiger partial charge in [-0.3, -0.25) is 9.59 Å². The summed E-state index contributed by atoms with van der Waals surface area (Å²) in [6, 6.07) is -0.734. The number of unbranched alkanes of at least 4 members (excludes halogenated alkanes) is 29. The highest BCUT2D eigenvalue weighted by Gasteiger charge is 2.25. The Bertz CT molecular complexity index is 1140. The van der Waals surface area contributed by atoms with Gasteiger partial charge in [0.2, 0.25) is 0 Å². The number of carboxylic acids is 1. The van der Waals surface area contributed by atoms with Crippen molar-refractivity contribution in [1.29, 1.82) is 0 Å². The molecule has 0 aromatic heterocycles. The standard InChI is InChI=1S/C56H103NO7/c1-6-8-10-12-14-16-18-20-22-24-25-26-27-28-29-31-32-34-36-38-40-42-44-46-54(58)63-51-52(50-62-49-48-53(56(60)61)57(3,4)5)64-55(59)47-45-43-41-39-37-35-33-30-23-21-19-17-15-13-11-9-7-2/h21,23,33,35,39,41,52-53H,6-20,22,24-32,34,36-38,40,42-51H2,1-5H3/b23-21+,35-33+,41-39+. The number of nitrogens with zero attached hydrogens (tertiary/aromatic N) is 1. The molecule has 0 spiro atoms. The van der Waals surface area contributed by atoms with Crippen LogP contribution >= 0.6 is 0 Å². The minimum Gasteiger partial charge on any atom is -0.544 e. The van der Waals surface area contributed by atoms with E-state index in [1.807, 2.05) is 0 Å². The van der Waals surface area contributed by atoms with Crippen molar-refractivity contribution >= 4 is 17.9 Å². The van der Waals surface area contributed by atoms with Crippen LogP contribution in [0.4, 0.5) is 0 Å². The van der Waals surface area contributed by atoms with Crippen molar-refractivity contribution in [2.45, 2.75) is 264 Å². The zero-order valence-corrected chi connectivity index (χ0v) is 42.7. The van der Waals surface area contributed by atoms with Crippen molar-refractivity contribution < 1.29 is 38.2 Å². The fourth-order valence-electron chi connectivity index (χ4n) is 8.09. The van der Waals surface area contributed by atoms with E-state index in [4.69, 9.17) is 14.2 Å². The average Bonchev–Trinajstić information content (AvgIpc) is 3.26. The lowest BCUT2D eigenvalue weighted by molar-refractivity contribution is -0.889. The summed E-state index contributed by atoms with van der Waals surface area (Å²) in [5, 5.41) is 11.7. The Hall–Kier alpha value is -2.45. The van der Waals surface area contributed by atoms with Crippen molar-refractivity contribution in [3.63, 3.8) is 0 Å². The molecule has 0 heterocycles. The molecule has 0 aromatic carbocycles. The SMILES string of the molecule is CCCCCCCC/C=C/C/C=C/C/C=C/CCCC(=O)OC(COCCC(C(=O)[O-])[N+](C)(C)C)COC(=O)CCCCCCCCCCCCCCCCCCCCCCCCC. The second-order valence-electron chi connectivity index (χ2n) is 19.5. The molecular weight excluding hydrogens is 799 g/mol. The average molecular weight is 902 g/mol. The van der Waals surface area contributed by atoms with Crippen LogP contribution in [0, 0.1) is 0 Å². The van der Waals surface area contributed by atoms with E-state index in [-0.39, 0.29) is 49.1 Å². The van der Waals surface area contributed by atoms with E-state index >= 15 is 0 Å². The van der Waals surface area contributed by atoms with Gasteiger partial charge in [-0.2, -0.15) is 0 Å². The number of rotatable bonds is 49. The number of aliphatic carboxylic acids is 1. The maximum absolute atomic E-state index is 12.8. The Morgan fingerprint density at radius 2 is 0.844 bits per heavy atom. The minimum absolute atomic E-state index is 0.0237. The summed E-state index contributed by atoms with van der Waals surface area (Å²) >= 11 is 0. The molecule has 0 rings (SSSR count). The van der Waals surface area contributed by atoms with Gasteiger partial charge in [-0.25, -0.2) is 0 Å². The Labute approximate surface area is 395 Å². The van der Waals surface area contributed by atoms with Crippen LogP contribution in [0.1, 0.15) is 251 Å². The Morgan fingerprint density at radius 1 is 0.469 bits per heavy atom. The maximum Gasteiger partial charge on any atom is 0.306 e. The van der Waals surface area contributed by atoms with Gasteiger partial charge in [0.1, 0.15) is 12.6 Å². The molecule has 0 aromatic rings. The first-order valence-corrected chi connectivity index (χ1v) is 27.0. The smallest absolute Gasteiger partial charge is 0.306 e. The molecule has 8 heteroatoms. The predicted molar refractivity (Wildman–Crippen MR) is 268 cm³/mol. The Morgan fingerprint density at radius 3 is 1.27 bits per heavy atom. The molecule has 0 aliphatic heterocycles. The molecule has 374 valence electrons. The second kappa shape index (κ2) is 47.1. The molecule has 0 amide bonds. The van der Waals surface area contributed by atoms with Crippen LogP contribution in [0.3, 0.4) is 0 Å². The van der Waals surface area contributed by atoms with E-state index < -0.39 is 18.1 Å². The second-order valence-corrected chi connectivity index (χ2v) is 19.5. The van der Waals surface area contributed by atoms with Crippen molar-refractivity contribution in [3.8, 4) is 0 Å². The quantitative estimate of drug-likeness (QED) is 0.0259. The van der Waals surface area contributed by atoms with E-state index in [2.05, 4.69) is 50.3 Å². The summed E-state index contributed by atoms with van der Waals surface area (Å²) in [6.45, 7) is 4.64. The normalized spacial score (nSPS) is 13.1. The van der Waals surface area contributed by atoms with Crippen LogP contribution in [0.5, 0.6) is 0 Å². The van der Waals surface area contributed by atoms with Crippen LogP contribution in [0.25, 0.3) is 0 Å². The first-order valence-electron chi connectivity index (χ1n) is 27.0.